The first-order chi connectivity index (χ1) is 9.13. The number of anilines is 1. The number of nitrogen functional groups attached to an aromatic ring is 1. The predicted molar refractivity (Wildman–Crippen MR) is 76.4 cm³/mol. The number of halogens is 1. The molecule has 5 nitrogen and oxygen atoms in total. The smallest absolute Gasteiger partial charge is 0.343 e. The van der Waals surface area contributed by atoms with E-state index in [4.69, 9.17) is 15.2 Å². The molecule has 1 aromatic rings. The summed E-state index contributed by atoms with van der Waals surface area (Å²) in [4.78, 5) is 11.8. The summed E-state index contributed by atoms with van der Waals surface area (Å²) in [5, 5.41) is 3.34. The topological polar surface area (TPSA) is 73.6 Å². The number of nitrogens with one attached hydrogen (secondary N) is 1. The molecule has 0 unspecified atom stereocenters. The highest BCUT2D eigenvalue weighted by Gasteiger charge is 2.22. The van der Waals surface area contributed by atoms with E-state index >= 15 is 0 Å². The first-order valence-corrected chi connectivity index (χ1v) is 6.95. The largest absolute Gasteiger partial charge is 0.490 e. The Labute approximate surface area is 120 Å². The second kappa shape index (κ2) is 6.25. The van der Waals surface area contributed by atoms with Crippen molar-refractivity contribution in [2.24, 2.45) is 0 Å². The maximum atomic E-state index is 11.8. The summed E-state index contributed by atoms with van der Waals surface area (Å²) < 4.78 is 11.2. The molecule has 0 amide bonds. The van der Waals surface area contributed by atoms with Crippen molar-refractivity contribution in [1.29, 1.82) is 0 Å². The minimum absolute atomic E-state index is 0.273. The van der Waals surface area contributed by atoms with Crippen LogP contribution in [-0.2, 0) is 4.74 Å². The summed E-state index contributed by atoms with van der Waals surface area (Å²) in [6, 6.07) is 3.73. The number of carbonyl (C=O) groups excluding carboxylic acids is 1. The lowest BCUT2D eigenvalue weighted by molar-refractivity contribution is 0.0596. The van der Waals surface area contributed by atoms with Crippen LogP contribution in [0.25, 0.3) is 0 Å². The Morgan fingerprint density at radius 3 is 3.00 bits per heavy atom. The molecule has 1 atom stereocenters. The van der Waals surface area contributed by atoms with Gasteiger partial charge in [0, 0.05) is 11.7 Å². The predicted octanol–water partition coefficient (Wildman–Crippen LogP) is 1.95. The van der Waals surface area contributed by atoms with E-state index in [2.05, 4.69) is 21.2 Å². The fourth-order valence-electron chi connectivity index (χ4n) is 2.11. The Balaban J connectivity index is 2.21. The summed E-state index contributed by atoms with van der Waals surface area (Å²) in [6.45, 7) is 1.52. The highest BCUT2D eigenvalue weighted by atomic mass is 79.9. The molecule has 0 aromatic heterocycles. The standard InChI is InChI=1S/C13H17BrN2O3/c1-18-13(17)11-10(15)5-4-9(14)12(11)19-7-8-3-2-6-16-8/h4-5,8,16H,2-3,6-7,15H2,1H3/t8-/m1/s1. The van der Waals surface area contributed by atoms with Gasteiger partial charge in [-0.3, -0.25) is 0 Å². The highest BCUT2D eigenvalue weighted by molar-refractivity contribution is 9.10. The molecule has 0 radical (unpaired) electrons. The lowest BCUT2D eigenvalue weighted by Crippen LogP contribution is -2.28. The van der Waals surface area contributed by atoms with E-state index in [0.29, 0.717) is 28.6 Å². The van der Waals surface area contributed by atoms with Crippen LogP contribution in [0.5, 0.6) is 5.75 Å². The molecule has 1 saturated heterocycles. The van der Waals surface area contributed by atoms with Crippen molar-refractivity contribution in [2.75, 3.05) is 26.0 Å². The van der Waals surface area contributed by atoms with E-state index in [-0.39, 0.29) is 5.56 Å². The summed E-state index contributed by atoms with van der Waals surface area (Å²) in [7, 11) is 1.32. The zero-order valence-corrected chi connectivity index (χ0v) is 12.3. The molecule has 6 heteroatoms. The van der Waals surface area contributed by atoms with Crippen LogP contribution in [0.4, 0.5) is 5.69 Å². The molecule has 1 fully saturated rings. The number of rotatable bonds is 4. The Morgan fingerprint density at radius 1 is 1.58 bits per heavy atom. The van der Waals surface area contributed by atoms with Gasteiger partial charge in [-0.15, -0.1) is 0 Å². The third-order valence-electron chi connectivity index (χ3n) is 3.12. The summed E-state index contributed by atoms with van der Waals surface area (Å²) >= 11 is 3.38. The van der Waals surface area contributed by atoms with Crippen LogP contribution in [0.1, 0.15) is 23.2 Å². The third-order valence-corrected chi connectivity index (χ3v) is 3.75. The first kappa shape index (κ1) is 14.1. The monoisotopic (exact) mass is 328 g/mol. The van der Waals surface area contributed by atoms with Crippen LogP contribution in [0.2, 0.25) is 0 Å². The molecule has 19 heavy (non-hydrogen) atoms. The highest BCUT2D eigenvalue weighted by Crippen LogP contribution is 2.34. The van der Waals surface area contributed by atoms with Crippen molar-refractivity contribution in [2.45, 2.75) is 18.9 Å². The molecular weight excluding hydrogens is 312 g/mol. The molecule has 0 spiro atoms. The number of methoxy groups -OCH3 is 1. The molecule has 1 aromatic carbocycles. The Morgan fingerprint density at radius 2 is 2.37 bits per heavy atom. The quantitative estimate of drug-likeness (QED) is 0.652. The Kier molecular flexibility index (Phi) is 4.66. The van der Waals surface area contributed by atoms with Gasteiger partial charge >= 0.3 is 5.97 Å². The molecule has 104 valence electrons. The molecule has 1 aliphatic heterocycles. The maximum Gasteiger partial charge on any atom is 0.343 e. The molecule has 0 aliphatic carbocycles. The second-order valence-corrected chi connectivity index (χ2v) is 5.29. The van der Waals surface area contributed by atoms with Gasteiger partial charge in [-0.05, 0) is 47.4 Å². The second-order valence-electron chi connectivity index (χ2n) is 4.44. The van der Waals surface area contributed by atoms with Gasteiger partial charge in [-0.1, -0.05) is 0 Å². The zero-order chi connectivity index (χ0) is 13.8. The van der Waals surface area contributed by atoms with E-state index in [0.717, 1.165) is 19.4 Å². The van der Waals surface area contributed by atoms with Crippen molar-refractivity contribution >= 4 is 27.6 Å². The average molecular weight is 329 g/mol. The molecule has 1 aliphatic rings. The molecule has 3 N–H and O–H groups in total. The molecular formula is C13H17BrN2O3. The van der Waals surface area contributed by atoms with E-state index in [1.54, 1.807) is 12.1 Å². The number of benzene rings is 1. The number of ether oxygens (including phenoxy) is 2. The molecule has 0 saturated carbocycles. The van der Waals surface area contributed by atoms with Crippen molar-refractivity contribution in [1.82, 2.24) is 5.32 Å². The van der Waals surface area contributed by atoms with Gasteiger partial charge in [0.15, 0.2) is 0 Å². The summed E-state index contributed by atoms with van der Waals surface area (Å²) in [5.74, 6) is -0.0475. The minimum Gasteiger partial charge on any atom is -0.490 e. The van der Waals surface area contributed by atoms with Crippen LogP contribution in [-0.4, -0.2) is 32.3 Å². The zero-order valence-electron chi connectivity index (χ0n) is 10.7. The van der Waals surface area contributed by atoms with Gasteiger partial charge in [-0.2, -0.15) is 0 Å². The van der Waals surface area contributed by atoms with Gasteiger partial charge in [-0.25, -0.2) is 4.79 Å². The van der Waals surface area contributed by atoms with Crippen LogP contribution in [0.15, 0.2) is 16.6 Å². The molecule has 1 heterocycles. The maximum absolute atomic E-state index is 11.8. The lowest BCUT2D eigenvalue weighted by atomic mass is 10.1. The number of hydrogen-bond donors (Lipinski definition) is 2. The number of hydrogen-bond acceptors (Lipinski definition) is 5. The normalized spacial score (nSPS) is 18.3. The van der Waals surface area contributed by atoms with Crippen molar-refractivity contribution in [3.8, 4) is 5.75 Å². The van der Waals surface area contributed by atoms with Crippen molar-refractivity contribution < 1.29 is 14.3 Å². The lowest BCUT2D eigenvalue weighted by Gasteiger charge is -2.16. The van der Waals surface area contributed by atoms with Gasteiger partial charge in [0.1, 0.15) is 17.9 Å². The minimum atomic E-state index is -0.492. The third kappa shape index (κ3) is 3.19. The van der Waals surface area contributed by atoms with Crippen LogP contribution < -0.4 is 15.8 Å². The fraction of sp³-hybridized carbons (Fsp3) is 0.462. The van der Waals surface area contributed by atoms with E-state index in [9.17, 15) is 4.79 Å². The number of carbonyl (C=O) groups is 1. The van der Waals surface area contributed by atoms with E-state index < -0.39 is 5.97 Å². The SMILES string of the molecule is COC(=O)c1c(N)ccc(Br)c1OC[C@H]1CCCN1. The van der Waals surface area contributed by atoms with Crippen molar-refractivity contribution in [3.05, 3.63) is 22.2 Å². The van der Waals surface area contributed by atoms with E-state index in [1.165, 1.54) is 7.11 Å². The first-order valence-electron chi connectivity index (χ1n) is 6.16. The average Bonchev–Trinajstić information content (AvgIpc) is 2.92. The summed E-state index contributed by atoms with van der Waals surface area (Å²) in [5.41, 5.74) is 6.46. The molecule has 2 rings (SSSR count). The molecule has 0 bridgehead atoms. The number of esters is 1. The number of nitrogens with two attached hydrogens (primary N) is 1. The van der Waals surface area contributed by atoms with Gasteiger partial charge in [0.2, 0.25) is 0 Å². The summed E-state index contributed by atoms with van der Waals surface area (Å²) in [6.07, 6.45) is 2.23. The van der Waals surface area contributed by atoms with Crippen LogP contribution in [0.3, 0.4) is 0 Å². The van der Waals surface area contributed by atoms with Crippen LogP contribution >= 0.6 is 15.9 Å². The Bertz CT molecular complexity index is 473. The van der Waals surface area contributed by atoms with Crippen LogP contribution in [0, 0.1) is 0 Å². The van der Waals surface area contributed by atoms with E-state index in [1.807, 2.05) is 0 Å². The van der Waals surface area contributed by atoms with Gasteiger partial charge in [0.25, 0.3) is 0 Å². The van der Waals surface area contributed by atoms with Gasteiger partial charge < -0.3 is 20.5 Å². The fourth-order valence-corrected chi connectivity index (χ4v) is 2.55. The van der Waals surface area contributed by atoms with Gasteiger partial charge in [0.05, 0.1) is 11.6 Å². The Hall–Kier alpha value is -1.27. The van der Waals surface area contributed by atoms with Crippen molar-refractivity contribution in [3.63, 3.8) is 0 Å².